The van der Waals surface area contributed by atoms with Gasteiger partial charge in [0.25, 0.3) is 0 Å². The summed E-state index contributed by atoms with van der Waals surface area (Å²) in [4.78, 5) is 0. The predicted octanol–water partition coefficient (Wildman–Crippen LogP) is 3.54. The lowest BCUT2D eigenvalue weighted by Crippen LogP contribution is -2.48. The molecule has 0 aromatic heterocycles. The Bertz CT molecular complexity index is 474. The Morgan fingerprint density at radius 1 is 1.45 bits per heavy atom. The van der Waals surface area contributed by atoms with Gasteiger partial charge in [0.15, 0.2) is 0 Å². The average molecular weight is 296 g/mol. The standard InChI is InChI=1S/C16H22ClNO2/c1-18-11-12-4-2-5-14(17)15(12)20-13-6-9-19-16(10-13)7-3-8-16/h2,4-5,13,18H,3,6-11H2,1H3. The smallest absolute Gasteiger partial charge is 0.142 e. The molecule has 1 aliphatic heterocycles. The lowest BCUT2D eigenvalue weighted by molar-refractivity contribution is -0.153. The van der Waals surface area contributed by atoms with Gasteiger partial charge in [0.1, 0.15) is 11.9 Å². The van der Waals surface area contributed by atoms with Gasteiger partial charge in [-0.3, -0.25) is 0 Å². The highest BCUT2D eigenvalue weighted by atomic mass is 35.5. The second-order valence-electron chi connectivity index (χ2n) is 5.88. The van der Waals surface area contributed by atoms with E-state index in [2.05, 4.69) is 11.4 Å². The van der Waals surface area contributed by atoms with Crippen molar-refractivity contribution in [3.05, 3.63) is 28.8 Å². The van der Waals surface area contributed by atoms with Crippen LogP contribution in [-0.2, 0) is 11.3 Å². The topological polar surface area (TPSA) is 30.5 Å². The largest absolute Gasteiger partial charge is 0.488 e. The third-order valence-electron chi connectivity index (χ3n) is 4.41. The van der Waals surface area contributed by atoms with Crippen molar-refractivity contribution >= 4 is 11.6 Å². The van der Waals surface area contributed by atoms with E-state index in [-0.39, 0.29) is 11.7 Å². The molecule has 20 heavy (non-hydrogen) atoms. The minimum Gasteiger partial charge on any atom is -0.488 e. The van der Waals surface area contributed by atoms with E-state index in [9.17, 15) is 0 Å². The van der Waals surface area contributed by atoms with Crippen molar-refractivity contribution in [1.29, 1.82) is 0 Å². The monoisotopic (exact) mass is 295 g/mol. The van der Waals surface area contributed by atoms with Crippen LogP contribution in [0.2, 0.25) is 5.02 Å². The van der Waals surface area contributed by atoms with Gasteiger partial charge in [0.2, 0.25) is 0 Å². The molecule has 0 radical (unpaired) electrons. The summed E-state index contributed by atoms with van der Waals surface area (Å²) in [6.45, 7) is 1.57. The highest BCUT2D eigenvalue weighted by Gasteiger charge is 2.43. The maximum atomic E-state index is 6.32. The third-order valence-corrected chi connectivity index (χ3v) is 4.71. The SMILES string of the molecule is CNCc1cccc(Cl)c1OC1CCOC2(CCC2)C1. The number of rotatable bonds is 4. The zero-order valence-corrected chi connectivity index (χ0v) is 12.7. The van der Waals surface area contributed by atoms with Crippen LogP contribution >= 0.6 is 11.6 Å². The fraction of sp³-hybridized carbons (Fsp3) is 0.625. The van der Waals surface area contributed by atoms with Crippen molar-refractivity contribution in [3.8, 4) is 5.75 Å². The molecule has 2 aliphatic rings. The van der Waals surface area contributed by atoms with Crippen molar-refractivity contribution in [3.63, 3.8) is 0 Å². The molecule has 3 rings (SSSR count). The molecule has 1 saturated carbocycles. The Morgan fingerprint density at radius 2 is 2.30 bits per heavy atom. The molecule has 1 spiro atoms. The summed E-state index contributed by atoms with van der Waals surface area (Å²) < 4.78 is 12.2. The summed E-state index contributed by atoms with van der Waals surface area (Å²) in [5.41, 5.74) is 1.22. The van der Waals surface area contributed by atoms with Gasteiger partial charge in [-0.25, -0.2) is 0 Å². The molecule has 110 valence electrons. The highest BCUT2D eigenvalue weighted by Crippen LogP contribution is 2.43. The van der Waals surface area contributed by atoms with Crippen molar-refractivity contribution in [1.82, 2.24) is 5.32 Å². The first kappa shape index (κ1) is 14.2. The molecule has 3 nitrogen and oxygen atoms in total. The van der Waals surface area contributed by atoms with Gasteiger partial charge in [-0.05, 0) is 32.4 Å². The summed E-state index contributed by atoms with van der Waals surface area (Å²) in [7, 11) is 1.93. The van der Waals surface area contributed by atoms with Crippen molar-refractivity contribution in [2.75, 3.05) is 13.7 Å². The van der Waals surface area contributed by atoms with Crippen LogP contribution in [0.5, 0.6) is 5.75 Å². The Kier molecular flexibility index (Phi) is 4.20. The maximum Gasteiger partial charge on any atom is 0.142 e. The second kappa shape index (κ2) is 5.92. The Balaban J connectivity index is 1.73. The molecule has 0 amide bonds. The van der Waals surface area contributed by atoms with Crippen molar-refractivity contribution in [2.24, 2.45) is 0 Å². The Morgan fingerprint density at radius 3 is 3.00 bits per heavy atom. The van der Waals surface area contributed by atoms with Gasteiger partial charge < -0.3 is 14.8 Å². The number of para-hydroxylation sites is 1. The number of hydrogen-bond acceptors (Lipinski definition) is 3. The van der Waals surface area contributed by atoms with E-state index in [1.54, 1.807) is 0 Å². The van der Waals surface area contributed by atoms with E-state index in [0.29, 0.717) is 5.02 Å². The first-order valence-electron chi connectivity index (χ1n) is 7.45. The van der Waals surface area contributed by atoms with E-state index in [1.165, 1.54) is 19.3 Å². The van der Waals surface area contributed by atoms with Crippen molar-refractivity contribution in [2.45, 2.75) is 50.4 Å². The molecule has 0 bridgehead atoms. The van der Waals surface area contributed by atoms with Crippen LogP contribution in [0, 0.1) is 0 Å². The molecule has 1 saturated heterocycles. The molecule has 4 heteroatoms. The molecule has 1 aromatic rings. The van der Waals surface area contributed by atoms with Crippen LogP contribution in [0.4, 0.5) is 0 Å². The quantitative estimate of drug-likeness (QED) is 0.921. The Hall–Kier alpha value is -0.770. The van der Waals surface area contributed by atoms with Crippen LogP contribution in [0.3, 0.4) is 0 Å². The van der Waals surface area contributed by atoms with Gasteiger partial charge in [-0.1, -0.05) is 23.7 Å². The van der Waals surface area contributed by atoms with E-state index in [4.69, 9.17) is 21.1 Å². The van der Waals surface area contributed by atoms with Crippen LogP contribution in [-0.4, -0.2) is 25.4 Å². The molecule has 1 atom stereocenters. The van der Waals surface area contributed by atoms with Crippen LogP contribution < -0.4 is 10.1 Å². The number of hydrogen-bond donors (Lipinski definition) is 1. The zero-order chi connectivity index (χ0) is 14.0. The zero-order valence-electron chi connectivity index (χ0n) is 12.0. The lowest BCUT2D eigenvalue weighted by atomic mass is 9.74. The molecule has 1 N–H and O–H groups in total. The molecule has 1 aliphatic carbocycles. The van der Waals surface area contributed by atoms with Crippen LogP contribution in [0.1, 0.15) is 37.7 Å². The van der Waals surface area contributed by atoms with E-state index in [0.717, 1.165) is 37.3 Å². The van der Waals surface area contributed by atoms with E-state index < -0.39 is 0 Å². The Labute approximate surface area is 125 Å². The molecule has 1 unspecified atom stereocenters. The van der Waals surface area contributed by atoms with E-state index in [1.807, 2.05) is 19.2 Å². The summed E-state index contributed by atoms with van der Waals surface area (Å²) >= 11 is 6.32. The van der Waals surface area contributed by atoms with Gasteiger partial charge in [-0.15, -0.1) is 0 Å². The summed E-state index contributed by atoms with van der Waals surface area (Å²) in [6.07, 6.45) is 5.81. The maximum absolute atomic E-state index is 6.32. The summed E-state index contributed by atoms with van der Waals surface area (Å²) in [6, 6.07) is 5.93. The number of benzene rings is 1. The van der Waals surface area contributed by atoms with E-state index >= 15 is 0 Å². The minimum atomic E-state index is 0.105. The number of nitrogens with one attached hydrogen (secondary N) is 1. The molecule has 1 heterocycles. The molecule has 1 aromatic carbocycles. The van der Waals surface area contributed by atoms with Gasteiger partial charge in [-0.2, -0.15) is 0 Å². The summed E-state index contributed by atoms with van der Waals surface area (Å²) in [5, 5.41) is 3.86. The average Bonchev–Trinajstić information content (AvgIpc) is 2.42. The third kappa shape index (κ3) is 2.80. The summed E-state index contributed by atoms with van der Waals surface area (Å²) in [5.74, 6) is 0.838. The minimum absolute atomic E-state index is 0.105. The molecular formula is C16H22ClNO2. The van der Waals surface area contributed by atoms with Gasteiger partial charge in [0, 0.05) is 24.9 Å². The highest BCUT2D eigenvalue weighted by molar-refractivity contribution is 6.32. The predicted molar refractivity (Wildman–Crippen MR) is 80.4 cm³/mol. The normalized spacial score (nSPS) is 24.4. The van der Waals surface area contributed by atoms with Gasteiger partial charge >= 0.3 is 0 Å². The first-order valence-corrected chi connectivity index (χ1v) is 7.83. The fourth-order valence-electron chi connectivity index (χ4n) is 3.18. The fourth-order valence-corrected chi connectivity index (χ4v) is 3.42. The van der Waals surface area contributed by atoms with Crippen LogP contribution in [0.25, 0.3) is 0 Å². The van der Waals surface area contributed by atoms with Crippen LogP contribution in [0.15, 0.2) is 18.2 Å². The first-order chi connectivity index (χ1) is 9.72. The van der Waals surface area contributed by atoms with Crippen molar-refractivity contribution < 1.29 is 9.47 Å². The molecular weight excluding hydrogens is 274 g/mol. The lowest BCUT2D eigenvalue weighted by Gasteiger charge is -2.47. The number of ether oxygens (including phenoxy) is 2. The number of halogens is 1. The molecule has 2 fully saturated rings. The second-order valence-corrected chi connectivity index (χ2v) is 6.28. The van der Waals surface area contributed by atoms with Gasteiger partial charge in [0.05, 0.1) is 17.2 Å².